The third-order valence-electron chi connectivity index (χ3n) is 8.30. The lowest BCUT2D eigenvalue weighted by atomic mass is 9.83. The minimum Gasteiger partial charge on any atom is -0.504 e. The molecule has 9 atom stereocenters. The van der Waals surface area contributed by atoms with Gasteiger partial charge in [-0.05, 0) is 49.8 Å². The predicted octanol–water partition coefficient (Wildman–Crippen LogP) is 0.583. The monoisotopic (exact) mass is 660 g/mol. The number of nitrogens with one attached hydrogen (secondary N) is 1. The number of phenols is 1. The topological polar surface area (TPSA) is 207 Å². The molecule has 1 saturated carbocycles. The highest BCUT2D eigenvalue weighted by atomic mass is 16.7. The number of carbonyl (C=O) groups is 1. The van der Waals surface area contributed by atoms with Crippen molar-refractivity contribution in [2.75, 3.05) is 21.0 Å². The maximum Gasteiger partial charge on any atom is 0.247 e. The largest absolute Gasteiger partial charge is 0.504 e. The maximum absolute atomic E-state index is 12.9. The van der Waals surface area contributed by atoms with Crippen LogP contribution in [0.4, 0.5) is 0 Å². The Balaban J connectivity index is 1.15. The average molecular weight is 661 g/mol. The second kappa shape index (κ2) is 14.9. The summed E-state index contributed by atoms with van der Waals surface area (Å²) < 4.78 is 32.7. The standard InChI is InChI=1S/C32H40N2O13/c1-15(32(40)33-25-26(37)28(39)31-30(27(25)38)43-14-44-31)9-17-5-8-22(20(35)10-17)46-24-12-21(36)29(47-24)16(2)34-45-13-18-6-7-19(41-3)11-23(18)42-4/h5-11,21,24-31,35-39H,12-14H2,1-4H3,(H,33,40)/b15-9+,34-16-/t21-,24+,25+,26-,27+,28+,29+,30-,31+/m0/s1. The summed E-state index contributed by atoms with van der Waals surface area (Å²) in [6, 6.07) is 8.58. The number of methoxy groups -OCH3 is 2. The lowest BCUT2D eigenvalue weighted by Gasteiger charge is -2.41. The minimum absolute atomic E-state index is 0.0929. The van der Waals surface area contributed by atoms with Crippen molar-refractivity contribution in [2.45, 2.75) is 81.9 Å². The van der Waals surface area contributed by atoms with Gasteiger partial charge in [0.25, 0.3) is 0 Å². The van der Waals surface area contributed by atoms with E-state index in [1.807, 2.05) is 0 Å². The highest BCUT2D eigenvalue weighted by Gasteiger charge is 2.53. The molecule has 1 amide bonds. The van der Waals surface area contributed by atoms with Crippen LogP contribution in [0, 0.1) is 0 Å². The SMILES string of the molecule is COc1ccc(CO/N=C(/C)[C@H]2O[C@@H](Oc3ccc(/C=C(\C)C(=O)N[C@@H]4[C@H](O)[C@@H](O)[C@H]5OCO[C@H]5[C@@H]4O)cc3O)C[C@@H]2O)c(OC)c1. The predicted molar refractivity (Wildman–Crippen MR) is 164 cm³/mol. The number of hydrogen-bond acceptors (Lipinski definition) is 14. The first-order valence-corrected chi connectivity index (χ1v) is 15.0. The fraction of sp³-hybridized carbons (Fsp3) is 0.500. The van der Waals surface area contributed by atoms with Crippen molar-refractivity contribution in [3.63, 3.8) is 0 Å². The molecule has 0 unspecified atom stereocenters. The number of fused-ring (bicyclic) bond motifs is 1. The lowest BCUT2D eigenvalue weighted by Crippen LogP contribution is -2.67. The first-order chi connectivity index (χ1) is 22.5. The number of benzene rings is 2. The van der Waals surface area contributed by atoms with E-state index in [1.165, 1.54) is 25.1 Å². The Hall–Kier alpha value is -3.96. The van der Waals surface area contributed by atoms with Crippen molar-refractivity contribution < 1.29 is 63.6 Å². The Kier molecular flexibility index (Phi) is 10.9. The molecule has 1 aliphatic carbocycles. The molecule has 0 radical (unpaired) electrons. The van der Waals surface area contributed by atoms with Crippen LogP contribution in [-0.4, -0.2) is 113 Å². The van der Waals surface area contributed by atoms with Crippen molar-refractivity contribution in [3.05, 3.63) is 53.1 Å². The summed E-state index contributed by atoms with van der Waals surface area (Å²) in [6.45, 7) is 3.14. The molecule has 2 aliphatic heterocycles. The number of aromatic hydroxyl groups is 1. The quantitative estimate of drug-likeness (QED) is 0.111. The number of rotatable bonds is 11. The van der Waals surface area contributed by atoms with Gasteiger partial charge in [0.05, 0.1) is 32.1 Å². The van der Waals surface area contributed by atoms with Gasteiger partial charge in [-0.2, -0.15) is 0 Å². The van der Waals surface area contributed by atoms with Crippen molar-refractivity contribution in [1.29, 1.82) is 0 Å². The number of phenolic OH excluding ortho intramolecular Hbond substituents is 1. The lowest BCUT2D eigenvalue weighted by molar-refractivity contribution is -0.155. The smallest absolute Gasteiger partial charge is 0.247 e. The molecular formula is C32H40N2O13. The normalized spacial score (nSPS) is 30.9. The number of oxime groups is 1. The number of hydrogen-bond donors (Lipinski definition) is 6. The minimum atomic E-state index is -1.48. The molecule has 2 aromatic rings. The molecule has 47 heavy (non-hydrogen) atoms. The summed E-state index contributed by atoms with van der Waals surface area (Å²) in [6.07, 6.45) is -6.97. The van der Waals surface area contributed by atoms with Crippen LogP contribution < -0.4 is 19.5 Å². The summed E-state index contributed by atoms with van der Waals surface area (Å²) in [5.41, 5.74) is 1.79. The fourth-order valence-corrected chi connectivity index (χ4v) is 5.71. The number of ether oxygens (including phenoxy) is 6. The summed E-state index contributed by atoms with van der Waals surface area (Å²) in [5, 5.41) is 59.3. The Morgan fingerprint density at radius 3 is 2.43 bits per heavy atom. The number of carbonyl (C=O) groups excluding carboxylic acids is 1. The zero-order valence-corrected chi connectivity index (χ0v) is 26.3. The average Bonchev–Trinajstić information content (AvgIpc) is 3.70. The van der Waals surface area contributed by atoms with E-state index in [2.05, 4.69) is 10.5 Å². The van der Waals surface area contributed by atoms with E-state index >= 15 is 0 Å². The summed E-state index contributed by atoms with van der Waals surface area (Å²) in [5.74, 6) is 0.469. The fourth-order valence-electron chi connectivity index (χ4n) is 5.71. The van der Waals surface area contributed by atoms with Crippen molar-refractivity contribution in [2.24, 2.45) is 5.16 Å². The molecule has 0 aromatic heterocycles. The second-order valence-corrected chi connectivity index (χ2v) is 11.5. The van der Waals surface area contributed by atoms with Gasteiger partial charge in [-0.3, -0.25) is 4.79 Å². The zero-order valence-electron chi connectivity index (χ0n) is 26.3. The van der Waals surface area contributed by atoms with Gasteiger partial charge < -0.3 is 64.1 Å². The van der Waals surface area contributed by atoms with Gasteiger partial charge in [0.15, 0.2) is 11.5 Å². The van der Waals surface area contributed by atoms with Crippen molar-refractivity contribution in [3.8, 4) is 23.0 Å². The van der Waals surface area contributed by atoms with Crippen LogP contribution in [0.1, 0.15) is 31.4 Å². The third kappa shape index (κ3) is 7.62. The molecule has 0 bridgehead atoms. The third-order valence-corrected chi connectivity index (χ3v) is 8.30. The van der Waals surface area contributed by atoms with Crippen LogP contribution in [-0.2, 0) is 30.4 Å². The molecule has 15 heteroatoms. The summed E-state index contributed by atoms with van der Waals surface area (Å²) in [4.78, 5) is 18.4. The molecule has 2 heterocycles. The number of nitrogens with zero attached hydrogens (tertiary/aromatic N) is 1. The zero-order chi connectivity index (χ0) is 33.8. The van der Waals surface area contributed by atoms with Gasteiger partial charge in [0.2, 0.25) is 12.2 Å². The number of amides is 1. The van der Waals surface area contributed by atoms with E-state index in [0.717, 1.165) is 5.56 Å². The molecule has 15 nitrogen and oxygen atoms in total. The molecule has 2 aromatic carbocycles. The van der Waals surface area contributed by atoms with Crippen LogP contribution in [0.3, 0.4) is 0 Å². The van der Waals surface area contributed by atoms with E-state index < -0.39 is 61.0 Å². The van der Waals surface area contributed by atoms with Crippen LogP contribution in [0.2, 0.25) is 0 Å². The Morgan fingerprint density at radius 2 is 1.72 bits per heavy atom. The van der Waals surface area contributed by atoms with E-state index in [-0.39, 0.29) is 36.9 Å². The summed E-state index contributed by atoms with van der Waals surface area (Å²) in [7, 11) is 3.10. The van der Waals surface area contributed by atoms with Crippen LogP contribution in [0.15, 0.2) is 47.1 Å². The molecule has 0 spiro atoms. The Morgan fingerprint density at radius 1 is 0.979 bits per heavy atom. The van der Waals surface area contributed by atoms with E-state index in [9.17, 15) is 30.3 Å². The van der Waals surface area contributed by atoms with Gasteiger partial charge in [-0.25, -0.2) is 0 Å². The van der Waals surface area contributed by atoms with Gasteiger partial charge in [0, 0.05) is 23.6 Å². The summed E-state index contributed by atoms with van der Waals surface area (Å²) >= 11 is 0. The van der Waals surface area contributed by atoms with Gasteiger partial charge in [-0.15, -0.1) is 0 Å². The van der Waals surface area contributed by atoms with Gasteiger partial charge in [0.1, 0.15) is 61.5 Å². The molecule has 3 aliphatic rings. The van der Waals surface area contributed by atoms with E-state index in [1.54, 1.807) is 45.4 Å². The van der Waals surface area contributed by atoms with E-state index in [0.29, 0.717) is 22.8 Å². The number of aliphatic hydroxyl groups is 4. The molecule has 2 saturated heterocycles. The second-order valence-electron chi connectivity index (χ2n) is 11.5. The maximum atomic E-state index is 12.9. The molecular weight excluding hydrogens is 620 g/mol. The van der Waals surface area contributed by atoms with E-state index in [4.69, 9.17) is 33.3 Å². The molecule has 5 rings (SSSR count). The molecule has 256 valence electrons. The Labute approximate surface area is 270 Å². The Bertz CT molecular complexity index is 1480. The van der Waals surface area contributed by atoms with Gasteiger partial charge >= 0.3 is 0 Å². The first kappa shape index (κ1) is 34.4. The highest BCUT2D eigenvalue weighted by Crippen LogP contribution is 2.33. The number of aliphatic hydroxyl groups excluding tert-OH is 4. The van der Waals surface area contributed by atoms with Crippen LogP contribution in [0.25, 0.3) is 6.08 Å². The van der Waals surface area contributed by atoms with Crippen molar-refractivity contribution in [1.82, 2.24) is 5.32 Å². The van der Waals surface area contributed by atoms with Crippen molar-refractivity contribution >= 4 is 17.7 Å². The van der Waals surface area contributed by atoms with Gasteiger partial charge in [-0.1, -0.05) is 11.2 Å². The van der Waals surface area contributed by atoms with Crippen LogP contribution >= 0.6 is 0 Å². The van der Waals surface area contributed by atoms with Crippen LogP contribution in [0.5, 0.6) is 23.0 Å². The molecule has 6 N–H and O–H groups in total. The first-order valence-electron chi connectivity index (χ1n) is 15.0. The molecule has 3 fully saturated rings. The highest BCUT2D eigenvalue weighted by molar-refractivity contribution is 5.97.